The highest BCUT2D eigenvalue weighted by molar-refractivity contribution is 6.30. The van der Waals surface area contributed by atoms with Gasteiger partial charge in [-0.1, -0.05) is 41.9 Å². The van der Waals surface area contributed by atoms with Crippen LogP contribution in [0.15, 0.2) is 30.3 Å². The Morgan fingerprint density at radius 2 is 2.03 bits per heavy atom. The van der Waals surface area contributed by atoms with Gasteiger partial charge in [-0.05, 0) is 24.5 Å². The molecule has 2 aliphatic heterocycles. The summed E-state index contributed by atoms with van der Waals surface area (Å²) in [5, 5.41) is 19.2. The molecule has 0 spiro atoms. The van der Waals surface area contributed by atoms with Gasteiger partial charge >= 0.3 is 6.09 Å². The molecule has 1 aromatic heterocycles. The molecule has 7 nitrogen and oxygen atoms in total. The van der Waals surface area contributed by atoms with E-state index >= 15 is 0 Å². The zero-order valence-corrected chi connectivity index (χ0v) is 17.6. The van der Waals surface area contributed by atoms with Crippen molar-refractivity contribution in [1.29, 1.82) is 5.26 Å². The Balaban J connectivity index is 1.64. The highest BCUT2D eigenvalue weighted by atomic mass is 35.5. The number of hydrogen-bond donors (Lipinski definition) is 1. The van der Waals surface area contributed by atoms with Gasteiger partial charge in [-0.25, -0.2) is 9.78 Å². The van der Waals surface area contributed by atoms with Gasteiger partial charge in [0.1, 0.15) is 17.0 Å². The van der Waals surface area contributed by atoms with Crippen molar-refractivity contribution in [3.63, 3.8) is 0 Å². The molecule has 0 saturated carbocycles. The van der Waals surface area contributed by atoms with Gasteiger partial charge in [0.15, 0.2) is 0 Å². The van der Waals surface area contributed by atoms with Gasteiger partial charge in [0.05, 0.1) is 5.56 Å². The van der Waals surface area contributed by atoms with E-state index in [1.807, 2.05) is 25.1 Å². The summed E-state index contributed by atoms with van der Waals surface area (Å²) in [6.07, 6.45) is -0.117. The molecule has 2 aromatic rings. The SMILES string of the molecule is CC1CN(C(=O)O)CCN1c1nc(Cl)c(C#N)c2c1CCN(Cc1ccccc1)C2. The first kappa shape index (κ1) is 20.5. The maximum atomic E-state index is 11.3. The predicted molar refractivity (Wildman–Crippen MR) is 115 cm³/mol. The Hall–Kier alpha value is -2.82. The molecule has 30 heavy (non-hydrogen) atoms. The smallest absolute Gasteiger partial charge is 0.407 e. The fourth-order valence-corrected chi connectivity index (χ4v) is 4.65. The van der Waals surface area contributed by atoms with Crippen LogP contribution in [0.2, 0.25) is 5.15 Å². The van der Waals surface area contributed by atoms with Gasteiger partial charge < -0.3 is 14.9 Å². The van der Waals surface area contributed by atoms with Crippen molar-refractivity contribution in [1.82, 2.24) is 14.8 Å². The number of carboxylic acid groups (broad SMARTS) is 1. The summed E-state index contributed by atoms with van der Waals surface area (Å²) in [5.74, 6) is 0.797. The molecule has 0 radical (unpaired) electrons. The van der Waals surface area contributed by atoms with E-state index in [4.69, 9.17) is 11.6 Å². The molecule has 3 heterocycles. The van der Waals surface area contributed by atoms with Gasteiger partial charge in [0.25, 0.3) is 0 Å². The molecular weight excluding hydrogens is 402 g/mol. The molecule has 0 bridgehead atoms. The monoisotopic (exact) mass is 425 g/mol. The third kappa shape index (κ3) is 3.93. The summed E-state index contributed by atoms with van der Waals surface area (Å²) >= 11 is 6.44. The van der Waals surface area contributed by atoms with E-state index < -0.39 is 6.09 Å². The van der Waals surface area contributed by atoms with Crippen LogP contribution in [0.5, 0.6) is 0 Å². The summed E-state index contributed by atoms with van der Waals surface area (Å²) in [4.78, 5) is 21.8. The molecule has 156 valence electrons. The highest BCUT2D eigenvalue weighted by Crippen LogP contribution is 2.35. The number of aromatic nitrogens is 1. The Morgan fingerprint density at radius 1 is 1.27 bits per heavy atom. The number of nitriles is 1. The molecule has 1 amide bonds. The summed E-state index contributed by atoms with van der Waals surface area (Å²) in [6, 6.07) is 12.5. The van der Waals surface area contributed by atoms with Gasteiger partial charge in [-0.3, -0.25) is 4.90 Å². The Kier molecular flexibility index (Phi) is 5.80. The zero-order chi connectivity index (χ0) is 21.3. The topological polar surface area (TPSA) is 83.7 Å². The lowest BCUT2D eigenvalue weighted by Crippen LogP contribution is -2.54. The number of anilines is 1. The van der Waals surface area contributed by atoms with Gasteiger partial charge in [-0.2, -0.15) is 5.26 Å². The number of nitrogens with zero attached hydrogens (tertiary/aromatic N) is 5. The first-order valence-electron chi connectivity index (χ1n) is 10.1. The number of piperazine rings is 1. The molecule has 0 aliphatic carbocycles. The van der Waals surface area contributed by atoms with Crippen LogP contribution in [0.1, 0.15) is 29.2 Å². The summed E-state index contributed by atoms with van der Waals surface area (Å²) < 4.78 is 0. The molecule has 1 N–H and O–H groups in total. The Labute approximate surface area is 181 Å². The molecule has 1 unspecified atom stereocenters. The standard InChI is InChI=1S/C22H24ClN5O2/c1-15-12-27(22(29)30)9-10-28(15)21-17-7-8-26(13-16-5-3-2-4-6-16)14-19(17)18(11-24)20(23)25-21/h2-6,15H,7-10,12-14H2,1H3,(H,29,30). The number of hydrogen-bond acceptors (Lipinski definition) is 5. The largest absolute Gasteiger partial charge is 0.465 e. The second-order valence-electron chi connectivity index (χ2n) is 7.89. The van der Waals surface area contributed by atoms with E-state index in [0.717, 1.165) is 36.5 Å². The average Bonchev–Trinajstić information content (AvgIpc) is 2.74. The number of halogens is 1. The maximum Gasteiger partial charge on any atom is 0.407 e. The number of rotatable bonds is 3. The first-order chi connectivity index (χ1) is 14.5. The van der Waals surface area contributed by atoms with Crippen molar-refractivity contribution in [2.24, 2.45) is 0 Å². The van der Waals surface area contributed by atoms with Crippen LogP contribution in [0.3, 0.4) is 0 Å². The van der Waals surface area contributed by atoms with Crippen molar-refractivity contribution in [2.75, 3.05) is 31.1 Å². The van der Waals surface area contributed by atoms with Gasteiger partial charge in [-0.15, -0.1) is 0 Å². The highest BCUT2D eigenvalue weighted by Gasteiger charge is 2.32. The fourth-order valence-electron chi connectivity index (χ4n) is 4.41. The quantitative estimate of drug-likeness (QED) is 0.759. The minimum Gasteiger partial charge on any atom is -0.465 e. The van der Waals surface area contributed by atoms with Crippen LogP contribution < -0.4 is 4.90 Å². The van der Waals surface area contributed by atoms with Gasteiger partial charge in [0, 0.05) is 50.9 Å². The second-order valence-corrected chi connectivity index (χ2v) is 8.25. The average molecular weight is 426 g/mol. The molecule has 8 heteroatoms. The normalized spacial score (nSPS) is 19.3. The molecular formula is C22H24ClN5O2. The summed E-state index contributed by atoms with van der Waals surface area (Å²) in [5.41, 5.74) is 3.70. The number of amides is 1. The molecule has 1 saturated heterocycles. The minimum atomic E-state index is -0.897. The van der Waals surface area contributed by atoms with Crippen molar-refractivity contribution >= 4 is 23.5 Å². The number of benzene rings is 1. The van der Waals surface area contributed by atoms with E-state index in [0.29, 0.717) is 31.7 Å². The lowest BCUT2D eigenvalue weighted by molar-refractivity contribution is 0.136. The third-order valence-corrected chi connectivity index (χ3v) is 6.21. The predicted octanol–water partition coefficient (Wildman–Crippen LogP) is 3.35. The van der Waals surface area contributed by atoms with Gasteiger partial charge in [0.2, 0.25) is 0 Å². The Bertz CT molecular complexity index is 991. The first-order valence-corrected chi connectivity index (χ1v) is 10.5. The van der Waals surface area contributed by atoms with Crippen LogP contribution in [0.25, 0.3) is 0 Å². The van der Waals surface area contributed by atoms with Crippen molar-refractivity contribution in [3.05, 3.63) is 57.7 Å². The van der Waals surface area contributed by atoms with Crippen LogP contribution in [0.4, 0.5) is 10.6 Å². The lowest BCUT2D eigenvalue weighted by atomic mass is 9.95. The molecule has 2 aliphatic rings. The number of pyridine rings is 1. The number of carbonyl (C=O) groups is 1. The molecule has 1 atom stereocenters. The molecule has 1 aromatic carbocycles. The summed E-state index contributed by atoms with van der Waals surface area (Å²) in [6.45, 7) is 5.73. The third-order valence-electron chi connectivity index (χ3n) is 5.94. The fraction of sp³-hybridized carbons (Fsp3) is 0.409. The number of fused-ring (bicyclic) bond motifs is 1. The minimum absolute atomic E-state index is 0.0159. The molecule has 4 rings (SSSR count). The van der Waals surface area contributed by atoms with Crippen LogP contribution >= 0.6 is 11.6 Å². The van der Waals surface area contributed by atoms with E-state index in [9.17, 15) is 15.2 Å². The lowest BCUT2D eigenvalue weighted by Gasteiger charge is -2.41. The Morgan fingerprint density at radius 3 is 2.70 bits per heavy atom. The second kappa shape index (κ2) is 8.50. The van der Waals surface area contributed by atoms with E-state index in [-0.39, 0.29) is 11.2 Å². The van der Waals surface area contributed by atoms with Crippen LogP contribution in [-0.2, 0) is 19.5 Å². The van der Waals surface area contributed by atoms with Crippen molar-refractivity contribution in [2.45, 2.75) is 32.5 Å². The van der Waals surface area contributed by atoms with E-state index in [1.165, 1.54) is 10.5 Å². The zero-order valence-electron chi connectivity index (χ0n) is 16.9. The van der Waals surface area contributed by atoms with Crippen molar-refractivity contribution < 1.29 is 9.90 Å². The summed E-state index contributed by atoms with van der Waals surface area (Å²) in [7, 11) is 0. The van der Waals surface area contributed by atoms with Crippen molar-refractivity contribution in [3.8, 4) is 6.07 Å². The van der Waals surface area contributed by atoms with Crippen LogP contribution in [-0.4, -0.2) is 58.2 Å². The van der Waals surface area contributed by atoms with E-state index in [2.05, 4.69) is 33.0 Å². The van der Waals surface area contributed by atoms with Crippen LogP contribution in [0, 0.1) is 11.3 Å². The van der Waals surface area contributed by atoms with E-state index in [1.54, 1.807) is 0 Å². The molecule has 1 fully saturated rings. The maximum absolute atomic E-state index is 11.3.